The number of hydrogen-bond acceptors (Lipinski definition) is 3. The Labute approximate surface area is 90.1 Å². The number of pyridine rings is 1. The van der Waals surface area contributed by atoms with Crippen LogP contribution in [0.25, 0.3) is 0 Å². The monoisotopic (exact) mass is 207 g/mol. The molecular weight excluding hydrogens is 190 g/mol. The van der Waals surface area contributed by atoms with E-state index in [0.29, 0.717) is 19.4 Å². The lowest BCUT2D eigenvalue weighted by molar-refractivity contribution is -0.101. The molecule has 15 heavy (non-hydrogen) atoms. The molecule has 3 nitrogen and oxygen atoms in total. The van der Waals surface area contributed by atoms with Gasteiger partial charge in [-0.25, -0.2) is 0 Å². The summed E-state index contributed by atoms with van der Waals surface area (Å²) in [6.07, 6.45) is 4.98. The molecule has 0 bridgehead atoms. The van der Waals surface area contributed by atoms with E-state index in [-0.39, 0.29) is 6.10 Å². The molecule has 2 rings (SSSR count). The molecule has 0 amide bonds. The van der Waals surface area contributed by atoms with Crippen molar-refractivity contribution < 1.29 is 9.84 Å². The molecule has 2 atom stereocenters. The summed E-state index contributed by atoms with van der Waals surface area (Å²) >= 11 is 0. The fourth-order valence-corrected chi connectivity index (χ4v) is 2.14. The summed E-state index contributed by atoms with van der Waals surface area (Å²) in [5, 5.41) is 10.5. The highest BCUT2D eigenvalue weighted by Crippen LogP contribution is 2.34. The van der Waals surface area contributed by atoms with E-state index in [2.05, 4.69) is 4.98 Å². The van der Waals surface area contributed by atoms with E-state index in [0.717, 1.165) is 11.1 Å². The molecule has 0 aliphatic carbocycles. The van der Waals surface area contributed by atoms with Gasteiger partial charge in [0, 0.05) is 30.8 Å². The van der Waals surface area contributed by atoms with Gasteiger partial charge < -0.3 is 9.84 Å². The molecule has 2 heterocycles. The van der Waals surface area contributed by atoms with Gasteiger partial charge in [0.05, 0.1) is 18.3 Å². The third-order valence-corrected chi connectivity index (χ3v) is 2.96. The number of rotatable bonds is 1. The van der Waals surface area contributed by atoms with Crippen LogP contribution in [0, 0.1) is 6.92 Å². The van der Waals surface area contributed by atoms with Crippen LogP contribution < -0.4 is 0 Å². The maximum Gasteiger partial charge on any atom is 0.0957 e. The van der Waals surface area contributed by atoms with Crippen molar-refractivity contribution in [1.29, 1.82) is 0 Å². The first kappa shape index (κ1) is 10.6. The van der Waals surface area contributed by atoms with Crippen LogP contribution in [-0.2, 0) is 10.3 Å². The Morgan fingerprint density at radius 1 is 1.53 bits per heavy atom. The average Bonchev–Trinajstić information content (AvgIpc) is 2.17. The molecule has 0 spiro atoms. The lowest BCUT2D eigenvalue weighted by atomic mass is 9.84. The number of aliphatic hydroxyl groups is 1. The summed E-state index contributed by atoms with van der Waals surface area (Å²) in [6.45, 7) is 4.60. The second kappa shape index (κ2) is 3.91. The first-order valence-corrected chi connectivity index (χ1v) is 5.36. The zero-order valence-corrected chi connectivity index (χ0v) is 9.23. The van der Waals surface area contributed by atoms with Crippen molar-refractivity contribution in [3.8, 4) is 0 Å². The van der Waals surface area contributed by atoms with E-state index in [4.69, 9.17) is 4.74 Å². The van der Waals surface area contributed by atoms with Crippen LogP contribution >= 0.6 is 0 Å². The maximum atomic E-state index is 10.5. The Morgan fingerprint density at radius 2 is 2.33 bits per heavy atom. The van der Waals surface area contributed by atoms with Crippen molar-refractivity contribution >= 4 is 0 Å². The van der Waals surface area contributed by atoms with Crippen LogP contribution in [0.2, 0.25) is 0 Å². The predicted molar refractivity (Wildman–Crippen MR) is 57.5 cm³/mol. The van der Waals surface area contributed by atoms with E-state index in [9.17, 15) is 5.11 Å². The van der Waals surface area contributed by atoms with Crippen molar-refractivity contribution in [1.82, 2.24) is 4.98 Å². The summed E-state index contributed by atoms with van der Waals surface area (Å²) < 4.78 is 5.44. The number of aryl methyl sites for hydroxylation is 1. The minimum atomic E-state index is -0.753. The Morgan fingerprint density at radius 3 is 3.00 bits per heavy atom. The second-order valence-electron chi connectivity index (χ2n) is 4.42. The van der Waals surface area contributed by atoms with E-state index in [1.54, 1.807) is 12.4 Å². The van der Waals surface area contributed by atoms with Crippen LogP contribution in [0.3, 0.4) is 0 Å². The molecule has 0 saturated carbocycles. The van der Waals surface area contributed by atoms with Crippen molar-refractivity contribution in [3.05, 3.63) is 29.6 Å². The molecular formula is C12H17NO2. The molecule has 3 heteroatoms. The van der Waals surface area contributed by atoms with Crippen LogP contribution in [0.1, 0.15) is 30.9 Å². The Kier molecular flexibility index (Phi) is 2.76. The zero-order valence-electron chi connectivity index (χ0n) is 9.23. The third kappa shape index (κ3) is 2.19. The first-order chi connectivity index (χ1) is 7.10. The number of nitrogens with zero attached hydrogens (tertiary/aromatic N) is 1. The summed E-state index contributed by atoms with van der Waals surface area (Å²) in [5.41, 5.74) is 1.24. The maximum absolute atomic E-state index is 10.5. The molecule has 1 aliphatic rings. The highest BCUT2D eigenvalue weighted by atomic mass is 16.5. The average molecular weight is 207 g/mol. The van der Waals surface area contributed by atoms with Gasteiger partial charge >= 0.3 is 0 Å². The quantitative estimate of drug-likeness (QED) is 0.763. The van der Waals surface area contributed by atoms with E-state index < -0.39 is 5.60 Å². The summed E-state index contributed by atoms with van der Waals surface area (Å²) in [7, 11) is 0. The highest BCUT2D eigenvalue weighted by Gasteiger charge is 2.35. The Balaban J connectivity index is 2.28. The van der Waals surface area contributed by atoms with Gasteiger partial charge in [-0.1, -0.05) is 6.07 Å². The molecule has 0 radical (unpaired) electrons. The molecule has 1 aromatic rings. The normalized spacial score (nSPS) is 31.5. The van der Waals surface area contributed by atoms with Gasteiger partial charge in [-0.2, -0.15) is 0 Å². The van der Waals surface area contributed by atoms with E-state index in [1.807, 2.05) is 19.9 Å². The SMILES string of the molecule is Cc1cncc(C2(O)CCOC(C)C2)c1. The first-order valence-electron chi connectivity index (χ1n) is 5.36. The van der Waals surface area contributed by atoms with Gasteiger partial charge in [0.25, 0.3) is 0 Å². The van der Waals surface area contributed by atoms with Crippen molar-refractivity contribution in [2.24, 2.45) is 0 Å². The number of aromatic nitrogens is 1. The predicted octanol–water partition coefficient (Wildman–Crippen LogP) is 1.78. The Hall–Kier alpha value is -0.930. The van der Waals surface area contributed by atoms with Gasteiger partial charge in [-0.3, -0.25) is 4.98 Å². The van der Waals surface area contributed by atoms with Crippen molar-refractivity contribution in [2.75, 3.05) is 6.61 Å². The third-order valence-electron chi connectivity index (χ3n) is 2.96. The topological polar surface area (TPSA) is 42.4 Å². The standard InChI is InChI=1S/C12H17NO2/c1-9-5-11(8-13-7-9)12(14)3-4-15-10(2)6-12/h5,7-8,10,14H,3-4,6H2,1-2H3. The zero-order chi connectivity index (χ0) is 10.9. The molecule has 82 valence electrons. The lowest BCUT2D eigenvalue weighted by Gasteiger charge is -2.35. The van der Waals surface area contributed by atoms with E-state index in [1.165, 1.54) is 0 Å². The summed E-state index contributed by atoms with van der Waals surface area (Å²) in [4.78, 5) is 4.13. The van der Waals surface area contributed by atoms with Crippen LogP contribution in [-0.4, -0.2) is 22.8 Å². The van der Waals surface area contributed by atoms with Gasteiger partial charge in [0.2, 0.25) is 0 Å². The Bertz CT molecular complexity index is 353. The second-order valence-corrected chi connectivity index (χ2v) is 4.42. The summed E-state index contributed by atoms with van der Waals surface area (Å²) in [6, 6.07) is 2.00. The van der Waals surface area contributed by atoms with Crippen molar-refractivity contribution in [2.45, 2.75) is 38.4 Å². The van der Waals surface area contributed by atoms with Crippen molar-refractivity contribution in [3.63, 3.8) is 0 Å². The number of ether oxygens (including phenoxy) is 1. The highest BCUT2D eigenvalue weighted by molar-refractivity contribution is 5.23. The minimum absolute atomic E-state index is 0.115. The van der Waals surface area contributed by atoms with Gasteiger partial charge in [0.15, 0.2) is 0 Å². The van der Waals surface area contributed by atoms with Gasteiger partial charge in [-0.15, -0.1) is 0 Å². The van der Waals surface area contributed by atoms with Gasteiger partial charge in [0.1, 0.15) is 0 Å². The molecule has 0 aromatic carbocycles. The molecule has 1 N–H and O–H groups in total. The lowest BCUT2D eigenvalue weighted by Crippen LogP contribution is -2.37. The van der Waals surface area contributed by atoms with Crippen LogP contribution in [0.5, 0.6) is 0 Å². The van der Waals surface area contributed by atoms with Gasteiger partial charge in [-0.05, 0) is 19.4 Å². The fourth-order valence-electron chi connectivity index (χ4n) is 2.14. The van der Waals surface area contributed by atoms with Crippen LogP contribution in [0.4, 0.5) is 0 Å². The smallest absolute Gasteiger partial charge is 0.0957 e. The minimum Gasteiger partial charge on any atom is -0.385 e. The molecule has 1 saturated heterocycles. The molecule has 1 aromatic heterocycles. The molecule has 1 aliphatic heterocycles. The summed E-state index contributed by atoms with van der Waals surface area (Å²) in [5.74, 6) is 0. The fraction of sp³-hybridized carbons (Fsp3) is 0.583. The molecule has 1 fully saturated rings. The number of hydrogen-bond donors (Lipinski definition) is 1. The van der Waals surface area contributed by atoms with Crippen LogP contribution in [0.15, 0.2) is 18.5 Å². The largest absolute Gasteiger partial charge is 0.385 e. The van der Waals surface area contributed by atoms with E-state index >= 15 is 0 Å². The molecule has 2 unspecified atom stereocenters.